The molecule has 0 spiro atoms. The van der Waals surface area contributed by atoms with E-state index < -0.39 is 0 Å². The Morgan fingerprint density at radius 1 is 1.22 bits per heavy atom. The van der Waals surface area contributed by atoms with Gasteiger partial charge in [0.1, 0.15) is 5.75 Å². The lowest BCUT2D eigenvalue weighted by Gasteiger charge is -1.94. The normalized spacial score (nSPS) is 10.7. The van der Waals surface area contributed by atoms with Gasteiger partial charge < -0.3 is 9.63 Å². The van der Waals surface area contributed by atoms with Crippen LogP contribution in [0.1, 0.15) is 10.7 Å². The predicted octanol–water partition coefficient (Wildman–Crippen LogP) is 3.09. The first-order chi connectivity index (χ1) is 8.81. The van der Waals surface area contributed by atoms with E-state index in [9.17, 15) is 5.11 Å². The number of thiophene rings is 1. The van der Waals surface area contributed by atoms with Gasteiger partial charge in [-0.15, -0.1) is 11.3 Å². The number of aromatic hydroxyl groups is 1. The highest BCUT2D eigenvalue weighted by Crippen LogP contribution is 2.22. The van der Waals surface area contributed by atoms with Crippen molar-refractivity contribution in [2.45, 2.75) is 6.42 Å². The Labute approximate surface area is 108 Å². The quantitative estimate of drug-likeness (QED) is 0.784. The molecule has 0 aliphatic rings. The molecular weight excluding hydrogens is 248 g/mol. The molecule has 1 aromatic carbocycles. The number of rotatable bonds is 3. The fraction of sp³-hybridized carbons (Fsp3) is 0.0769. The molecule has 4 nitrogen and oxygen atoms in total. The maximum Gasteiger partial charge on any atom is 0.258 e. The van der Waals surface area contributed by atoms with E-state index in [4.69, 9.17) is 4.52 Å². The van der Waals surface area contributed by atoms with Gasteiger partial charge in [0.15, 0.2) is 5.82 Å². The van der Waals surface area contributed by atoms with Crippen LogP contribution in [0.15, 0.2) is 46.3 Å². The number of phenolic OH excluding ortho intramolecular Hbond substituents is 1. The lowest BCUT2D eigenvalue weighted by atomic mass is 10.2. The molecule has 0 unspecified atom stereocenters. The first-order valence-corrected chi connectivity index (χ1v) is 6.33. The maximum atomic E-state index is 9.40. The molecule has 0 radical (unpaired) electrons. The van der Waals surface area contributed by atoms with Crippen LogP contribution in [0.3, 0.4) is 0 Å². The van der Waals surface area contributed by atoms with Gasteiger partial charge in [0.25, 0.3) is 5.89 Å². The Kier molecular flexibility index (Phi) is 2.82. The molecule has 0 saturated carbocycles. The van der Waals surface area contributed by atoms with Gasteiger partial charge in [-0.1, -0.05) is 17.3 Å². The third kappa shape index (κ3) is 2.26. The van der Waals surface area contributed by atoms with E-state index in [-0.39, 0.29) is 5.75 Å². The van der Waals surface area contributed by atoms with Gasteiger partial charge in [0.05, 0.1) is 0 Å². The highest BCUT2D eigenvalue weighted by molar-refractivity contribution is 7.09. The van der Waals surface area contributed by atoms with Gasteiger partial charge in [0.2, 0.25) is 0 Å². The van der Waals surface area contributed by atoms with E-state index >= 15 is 0 Å². The number of phenols is 1. The number of benzene rings is 1. The van der Waals surface area contributed by atoms with Crippen molar-refractivity contribution in [3.63, 3.8) is 0 Å². The Morgan fingerprint density at radius 2 is 2.17 bits per heavy atom. The van der Waals surface area contributed by atoms with Crippen LogP contribution in [0.2, 0.25) is 0 Å². The van der Waals surface area contributed by atoms with E-state index in [2.05, 4.69) is 10.1 Å². The summed E-state index contributed by atoms with van der Waals surface area (Å²) in [5, 5.41) is 15.4. The Hall–Kier alpha value is -2.14. The molecular formula is C13H10N2O2S. The molecule has 0 aliphatic carbocycles. The predicted molar refractivity (Wildman–Crippen MR) is 68.5 cm³/mol. The molecule has 0 bridgehead atoms. The molecule has 1 N–H and O–H groups in total. The van der Waals surface area contributed by atoms with Crippen molar-refractivity contribution < 1.29 is 9.63 Å². The summed E-state index contributed by atoms with van der Waals surface area (Å²) in [7, 11) is 0. The highest BCUT2D eigenvalue weighted by atomic mass is 32.1. The van der Waals surface area contributed by atoms with Crippen molar-refractivity contribution in [1.82, 2.24) is 10.1 Å². The van der Waals surface area contributed by atoms with Crippen LogP contribution >= 0.6 is 11.3 Å². The number of aromatic nitrogens is 2. The average Bonchev–Trinajstić information content (AvgIpc) is 3.01. The zero-order valence-electron chi connectivity index (χ0n) is 9.41. The molecule has 3 aromatic rings. The minimum absolute atomic E-state index is 0.186. The van der Waals surface area contributed by atoms with Gasteiger partial charge >= 0.3 is 0 Å². The lowest BCUT2D eigenvalue weighted by Crippen LogP contribution is -1.87. The van der Waals surface area contributed by atoms with Gasteiger partial charge in [-0.3, -0.25) is 0 Å². The maximum absolute atomic E-state index is 9.40. The first kappa shape index (κ1) is 11.0. The van der Waals surface area contributed by atoms with E-state index in [1.165, 1.54) is 4.88 Å². The molecule has 0 fully saturated rings. The summed E-state index contributed by atoms with van der Waals surface area (Å²) in [6, 6.07) is 10.8. The minimum Gasteiger partial charge on any atom is -0.508 e. The Balaban J connectivity index is 1.85. The van der Waals surface area contributed by atoms with Crippen molar-refractivity contribution >= 4 is 11.3 Å². The molecule has 0 amide bonds. The van der Waals surface area contributed by atoms with Crippen molar-refractivity contribution in [2.24, 2.45) is 0 Å². The van der Waals surface area contributed by atoms with E-state index in [1.807, 2.05) is 23.6 Å². The van der Waals surface area contributed by atoms with Crippen LogP contribution in [0, 0.1) is 0 Å². The van der Waals surface area contributed by atoms with Gasteiger partial charge in [-0.05, 0) is 29.6 Å². The lowest BCUT2D eigenvalue weighted by molar-refractivity contribution is 0.423. The molecule has 18 heavy (non-hydrogen) atoms. The first-order valence-electron chi connectivity index (χ1n) is 5.45. The van der Waals surface area contributed by atoms with Crippen molar-refractivity contribution in [3.05, 3.63) is 52.5 Å². The van der Waals surface area contributed by atoms with Crippen molar-refractivity contribution in [3.8, 4) is 17.2 Å². The molecule has 0 aliphatic heterocycles. The number of nitrogens with zero attached hydrogens (tertiary/aromatic N) is 2. The third-order valence-corrected chi connectivity index (χ3v) is 3.35. The molecule has 3 rings (SSSR count). The van der Waals surface area contributed by atoms with Crippen LogP contribution in [-0.2, 0) is 6.42 Å². The molecule has 5 heteroatoms. The fourth-order valence-electron chi connectivity index (χ4n) is 1.65. The van der Waals surface area contributed by atoms with Crippen molar-refractivity contribution in [1.29, 1.82) is 0 Å². The van der Waals surface area contributed by atoms with E-state index in [0.717, 1.165) is 5.56 Å². The Bertz CT molecular complexity index is 647. The van der Waals surface area contributed by atoms with Gasteiger partial charge in [-0.25, -0.2) is 0 Å². The summed E-state index contributed by atoms with van der Waals surface area (Å²) in [4.78, 5) is 5.51. The second-order valence-corrected chi connectivity index (χ2v) is 4.85. The van der Waals surface area contributed by atoms with Crippen molar-refractivity contribution in [2.75, 3.05) is 0 Å². The van der Waals surface area contributed by atoms with E-state index in [0.29, 0.717) is 18.1 Å². The number of hydrogen-bond acceptors (Lipinski definition) is 5. The average molecular weight is 258 g/mol. The van der Waals surface area contributed by atoms with Gasteiger partial charge in [-0.2, -0.15) is 4.98 Å². The fourth-order valence-corrected chi connectivity index (χ4v) is 2.35. The molecule has 90 valence electrons. The van der Waals surface area contributed by atoms with Crippen LogP contribution < -0.4 is 0 Å². The Morgan fingerprint density at radius 3 is 2.94 bits per heavy atom. The van der Waals surface area contributed by atoms with Gasteiger partial charge in [0, 0.05) is 16.9 Å². The monoisotopic (exact) mass is 258 g/mol. The van der Waals surface area contributed by atoms with E-state index in [1.54, 1.807) is 29.5 Å². The van der Waals surface area contributed by atoms with Crippen LogP contribution in [0.5, 0.6) is 5.75 Å². The van der Waals surface area contributed by atoms with Crippen LogP contribution in [0.25, 0.3) is 11.5 Å². The molecule has 0 atom stereocenters. The smallest absolute Gasteiger partial charge is 0.258 e. The molecule has 0 saturated heterocycles. The highest BCUT2D eigenvalue weighted by Gasteiger charge is 2.10. The largest absolute Gasteiger partial charge is 0.508 e. The summed E-state index contributed by atoms with van der Waals surface area (Å²) in [5.41, 5.74) is 0.722. The zero-order valence-corrected chi connectivity index (χ0v) is 10.2. The molecule has 2 aromatic heterocycles. The summed E-state index contributed by atoms with van der Waals surface area (Å²) >= 11 is 1.66. The SMILES string of the molecule is Oc1cccc(-c2nc(Cc3cccs3)no2)c1. The summed E-state index contributed by atoms with van der Waals surface area (Å²) < 4.78 is 5.19. The summed E-state index contributed by atoms with van der Waals surface area (Å²) in [6.45, 7) is 0. The topological polar surface area (TPSA) is 59.2 Å². The second-order valence-electron chi connectivity index (χ2n) is 3.82. The standard InChI is InChI=1S/C13H10N2O2S/c16-10-4-1-3-9(7-10)13-14-12(15-17-13)8-11-5-2-6-18-11/h1-7,16H,8H2. The zero-order chi connectivity index (χ0) is 12.4. The molecule has 2 heterocycles. The number of hydrogen-bond donors (Lipinski definition) is 1. The van der Waals surface area contributed by atoms with Crippen LogP contribution in [0.4, 0.5) is 0 Å². The van der Waals surface area contributed by atoms with Crippen LogP contribution in [-0.4, -0.2) is 15.2 Å². The summed E-state index contributed by atoms with van der Waals surface area (Å²) in [6.07, 6.45) is 0.667. The summed E-state index contributed by atoms with van der Waals surface area (Å²) in [5.74, 6) is 1.26. The minimum atomic E-state index is 0.186. The third-order valence-electron chi connectivity index (χ3n) is 2.47. The second kappa shape index (κ2) is 4.62.